The quantitative estimate of drug-likeness (QED) is 0.924. The maximum absolute atomic E-state index is 13.8. The number of aryl methyl sites for hydroxylation is 1. The van der Waals surface area contributed by atoms with Gasteiger partial charge in [0.2, 0.25) is 0 Å². The van der Waals surface area contributed by atoms with E-state index in [0.29, 0.717) is 16.3 Å². The average Bonchev–Trinajstić information content (AvgIpc) is 2.40. The molecular formula is C15H14ClFO2. The summed E-state index contributed by atoms with van der Waals surface area (Å²) in [6.07, 6.45) is -1.16. The van der Waals surface area contributed by atoms with Gasteiger partial charge in [0.05, 0.1) is 12.1 Å². The molecule has 0 aromatic heterocycles. The maximum atomic E-state index is 13.8. The number of methoxy groups -OCH3 is 1. The third-order valence-corrected chi connectivity index (χ3v) is 3.28. The Kier molecular flexibility index (Phi) is 4.08. The number of aliphatic hydroxyl groups is 1. The molecule has 0 fully saturated rings. The van der Waals surface area contributed by atoms with Crippen LogP contribution in [0.1, 0.15) is 22.8 Å². The summed E-state index contributed by atoms with van der Waals surface area (Å²) in [5.74, 6) is -0.0408. The van der Waals surface area contributed by atoms with Gasteiger partial charge >= 0.3 is 0 Å². The van der Waals surface area contributed by atoms with Gasteiger partial charge in [-0.15, -0.1) is 0 Å². The molecular weight excluding hydrogens is 267 g/mol. The van der Waals surface area contributed by atoms with Crippen LogP contribution in [0.5, 0.6) is 5.75 Å². The fourth-order valence-corrected chi connectivity index (χ4v) is 2.26. The van der Waals surface area contributed by atoms with Gasteiger partial charge in [-0.1, -0.05) is 35.4 Å². The van der Waals surface area contributed by atoms with Crippen molar-refractivity contribution in [1.82, 2.24) is 0 Å². The second kappa shape index (κ2) is 5.59. The van der Waals surface area contributed by atoms with Crippen molar-refractivity contribution in [3.63, 3.8) is 0 Å². The molecule has 2 nitrogen and oxygen atoms in total. The van der Waals surface area contributed by atoms with Crippen molar-refractivity contribution in [2.45, 2.75) is 13.0 Å². The number of aliphatic hydroxyl groups excluding tert-OH is 1. The van der Waals surface area contributed by atoms with E-state index in [4.69, 9.17) is 16.3 Å². The molecule has 0 amide bonds. The third-order valence-electron chi connectivity index (χ3n) is 2.95. The van der Waals surface area contributed by atoms with Crippen LogP contribution >= 0.6 is 11.6 Å². The van der Waals surface area contributed by atoms with Crippen molar-refractivity contribution in [3.05, 3.63) is 63.9 Å². The van der Waals surface area contributed by atoms with Crippen LogP contribution in [0.4, 0.5) is 4.39 Å². The van der Waals surface area contributed by atoms with Crippen molar-refractivity contribution in [1.29, 1.82) is 0 Å². The lowest BCUT2D eigenvalue weighted by molar-refractivity contribution is 0.209. The van der Waals surface area contributed by atoms with Gasteiger partial charge in [-0.3, -0.25) is 0 Å². The first-order chi connectivity index (χ1) is 9.04. The van der Waals surface area contributed by atoms with E-state index in [-0.39, 0.29) is 5.56 Å². The van der Waals surface area contributed by atoms with E-state index in [1.54, 1.807) is 30.3 Å². The predicted octanol–water partition coefficient (Wildman–Crippen LogP) is 3.88. The maximum Gasteiger partial charge on any atom is 0.129 e. The molecule has 1 N–H and O–H groups in total. The lowest BCUT2D eigenvalue weighted by Gasteiger charge is -2.17. The highest BCUT2D eigenvalue weighted by Crippen LogP contribution is 2.36. The van der Waals surface area contributed by atoms with Crippen molar-refractivity contribution < 1.29 is 14.2 Å². The van der Waals surface area contributed by atoms with Crippen LogP contribution in [0.15, 0.2) is 36.4 Å². The molecule has 0 aliphatic rings. The molecule has 0 saturated carbocycles. The number of halogens is 2. The Morgan fingerprint density at radius 1 is 1.26 bits per heavy atom. The molecule has 19 heavy (non-hydrogen) atoms. The van der Waals surface area contributed by atoms with Crippen LogP contribution < -0.4 is 4.74 Å². The standard InChI is InChI=1S/C15H14ClFO2/c1-9-6-7-12(17)10(8-9)15(18)14-11(16)4-3-5-13(14)19-2/h3-8,15,18H,1-2H3. The summed E-state index contributed by atoms with van der Waals surface area (Å²) in [6.45, 7) is 1.83. The Balaban J connectivity index is 2.55. The van der Waals surface area contributed by atoms with Crippen LogP contribution in [-0.4, -0.2) is 12.2 Å². The van der Waals surface area contributed by atoms with Gasteiger partial charge in [0.1, 0.15) is 17.7 Å². The molecule has 100 valence electrons. The minimum absolute atomic E-state index is 0.186. The van der Waals surface area contributed by atoms with E-state index in [2.05, 4.69) is 0 Å². The fourth-order valence-electron chi connectivity index (χ4n) is 1.99. The molecule has 2 aromatic rings. The number of hydrogen-bond donors (Lipinski definition) is 1. The Hall–Kier alpha value is -1.58. The molecule has 0 saturated heterocycles. The van der Waals surface area contributed by atoms with Crippen molar-refractivity contribution in [3.8, 4) is 5.75 Å². The van der Waals surface area contributed by atoms with E-state index >= 15 is 0 Å². The summed E-state index contributed by atoms with van der Waals surface area (Å²) in [7, 11) is 1.48. The highest BCUT2D eigenvalue weighted by atomic mass is 35.5. The zero-order valence-corrected chi connectivity index (χ0v) is 11.4. The van der Waals surface area contributed by atoms with Gasteiger partial charge in [0.25, 0.3) is 0 Å². The van der Waals surface area contributed by atoms with E-state index in [1.165, 1.54) is 13.2 Å². The molecule has 4 heteroatoms. The molecule has 0 radical (unpaired) electrons. The summed E-state index contributed by atoms with van der Waals surface area (Å²) < 4.78 is 19.0. The molecule has 0 spiro atoms. The van der Waals surface area contributed by atoms with Gasteiger partial charge < -0.3 is 9.84 Å². The first-order valence-corrected chi connectivity index (χ1v) is 6.19. The summed E-state index contributed by atoms with van der Waals surface area (Å²) >= 11 is 6.08. The lowest BCUT2D eigenvalue weighted by Crippen LogP contribution is -2.06. The number of benzene rings is 2. The average molecular weight is 281 g/mol. The minimum Gasteiger partial charge on any atom is -0.496 e. The van der Waals surface area contributed by atoms with Gasteiger partial charge in [-0.05, 0) is 25.1 Å². The van der Waals surface area contributed by atoms with E-state index in [0.717, 1.165) is 5.56 Å². The van der Waals surface area contributed by atoms with E-state index < -0.39 is 11.9 Å². The Labute approximate surface area is 116 Å². The largest absolute Gasteiger partial charge is 0.496 e. The van der Waals surface area contributed by atoms with E-state index in [1.807, 2.05) is 6.92 Å². The van der Waals surface area contributed by atoms with Crippen molar-refractivity contribution in [2.24, 2.45) is 0 Å². The molecule has 0 bridgehead atoms. The van der Waals surface area contributed by atoms with Gasteiger partial charge in [0, 0.05) is 11.1 Å². The summed E-state index contributed by atoms with van der Waals surface area (Å²) in [6, 6.07) is 9.60. The van der Waals surface area contributed by atoms with Crippen molar-refractivity contribution in [2.75, 3.05) is 7.11 Å². The molecule has 2 aromatic carbocycles. The molecule has 0 heterocycles. The van der Waals surface area contributed by atoms with Crippen LogP contribution in [0.3, 0.4) is 0 Å². The predicted molar refractivity (Wildman–Crippen MR) is 73.2 cm³/mol. The first kappa shape index (κ1) is 13.8. The Morgan fingerprint density at radius 3 is 2.68 bits per heavy atom. The first-order valence-electron chi connectivity index (χ1n) is 5.81. The molecule has 2 rings (SSSR count). The second-order valence-electron chi connectivity index (χ2n) is 4.28. The van der Waals surface area contributed by atoms with Crippen LogP contribution in [0, 0.1) is 12.7 Å². The fraction of sp³-hybridized carbons (Fsp3) is 0.200. The third kappa shape index (κ3) is 2.72. The van der Waals surface area contributed by atoms with Gasteiger partial charge in [-0.25, -0.2) is 4.39 Å². The monoisotopic (exact) mass is 280 g/mol. The van der Waals surface area contributed by atoms with Gasteiger partial charge in [0.15, 0.2) is 0 Å². The highest BCUT2D eigenvalue weighted by molar-refractivity contribution is 6.31. The van der Waals surface area contributed by atoms with Crippen LogP contribution in [0.2, 0.25) is 5.02 Å². The summed E-state index contributed by atoms with van der Waals surface area (Å²) in [4.78, 5) is 0. The lowest BCUT2D eigenvalue weighted by atomic mass is 9.98. The summed E-state index contributed by atoms with van der Waals surface area (Å²) in [5.41, 5.74) is 1.42. The number of ether oxygens (including phenoxy) is 1. The highest BCUT2D eigenvalue weighted by Gasteiger charge is 2.21. The van der Waals surface area contributed by atoms with Crippen LogP contribution in [0.25, 0.3) is 0 Å². The van der Waals surface area contributed by atoms with Crippen LogP contribution in [-0.2, 0) is 0 Å². The Bertz CT molecular complexity index is 599. The van der Waals surface area contributed by atoms with Crippen molar-refractivity contribution >= 4 is 11.6 Å². The number of rotatable bonds is 3. The molecule has 0 aliphatic carbocycles. The molecule has 1 atom stereocenters. The second-order valence-corrected chi connectivity index (χ2v) is 4.69. The van der Waals surface area contributed by atoms with E-state index in [9.17, 15) is 9.50 Å². The molecule has 1 unspecified atom stereocenters. The SMILES string of the molecule is COc1cccc(Cl)c1C(O)c1cc(C)ccc1F. The molecule has 0 aliphatic heterocycles. The summed E-state index contributed by atoms with van der Waals surface area (Å²) in [5, 5.41) is 10.7. The number of hydrogen-bond acceptors (Lipinski definition) is 2. The smallest absolute Gasteiger partial charge is 0.129 e. The minimum atomic E-state index is -1.16. The normalized spacial score (nSPS) is 12.3. The zero-order valence-electron chi connectivity index (χ0n) is 10.7. The zero-order chi connectivity index (χ0) is 14.0. The topological polar surface area (TPSA) is 29.5 Å². The Morgan fingerprint density at radius 2 is 2.00 bits per heavy atom. The van der Waals surface area contributed by atoms with Gasteiger partial charge in [-0.2, -0.15) is 0 Å².